The summed E-state index contributed by atoms with van der Waals surface area (Å²) in [5.74, 6) is -1.11. The fourth-order valence-electron chi connectivity index (χ4n) is 3.65. The summed E-state index contributed by atoms with van der Waals surface area (Å²) in [7, 11) is 0. The van der Waals surface area contributed by atoms with Gasteiger partial charge in [0, 0.05) is 6.54 Å². The van der Waals surface area contributed by atoms with Crippen molar-refractivity contribution < 1.29 is 19.4 Å². The van der Waals surface area contributed by atoms with Crippen LogP contribution in [0.2, 0.25) is 0 Å². The Balaban J connectivity index is 1.59. The number of hydrogen-bond acceptors (Lipinski definition) is 4. The van der Waals surface area contributed by atoms with E-state index in [1.165, 1.54) is 17.2 Å². The highest BCUT2D eigenvalue weighted by atomic mass is 32.1. The first-order chi connectivity index (χ1) is 11.6. The molecule has 1 aromatic carbocycles. The topological polar surface area (TPSA) is 66.8 Å². The minimum absolute atomic E-state index is 0.112. The number of benzene rings is 1. The highest BCUT2D eigenvalue weighted by Crippen LogP contribution is 2.42. The van der Waals surface area contributed by atoms with Gasteiger partial charge < -0.3 is 14.7 Å². The van der Waals surface area contributed by atoms with Gasteiger partial charge in [-0.2, -0.15) is 0 Å². The van der Waals surface area contributed by atoms with Gasteiger partial charge >= 0.3 is 5.97 Å². The van der Waals surface area contributed by atoms with Crippen LogP contribution in [-0.4, -0.2) is 41.6 Å². The number of carboxylic acids is 1. The molecule has 1 fully saturated rings. The van der Waals surface area contributed by atoms with Crippen molar-refractivity contribution >= 4 is 23.2 Å². The van der Waals surface area contributed by atoms with Gasteiger partial charge in [-0.1, -0.05) is 24.3 Å². The van der Waals surface area contributed by atoms with Crippen LogP contribution in [0.5, 0.6) is 0 Å². The second-order valence-corrected chi connectivity index (χ2v) is 7.28. The Morgan fingerprint density at radius 2 is 1.96 bits per heavy atom. The lowest BCUT2D eigenvalue weighted by atomic mass is 9.93. The molecule has 1 N–H and O–H groups in total. The van der Waals surface area contributed by atoms with E-state index in [0.29, 0.717) is 24.6 Å². The van der Waals surface area contributed by atoms with Crippen molar-refractivity contribution in [2.24, 2.45) is 0 Å². The van der Waals surface area contributed by atoms with Crippen molar-refractivity contribution in [1.82, 2.24) is 4.90 Å². The molecule has 0 radical (unpaired) electrons. The van der Waals surface area contributed by atoms with E-state index in [1.807, 2.05) is 12.1 Å². The summed E-state index contributed by atoms with van der Waals surface area (Å²) in [6.07, 6.45) is 1.83. The smallest absolute Gasteiger partial charge is 0.345 e. The number of aryl methyl sites for hydroxylation is 1. The van der Waals surface area contributed by atoms with Crippen LogP contribution >= 0.6 is 11.3 Å². The number of carboxylic acid groups (broad SMARTS) is 1. The molecule has 1 aromatic heterocycles. The van der Waals surface area contributed by atoms with Gasteiger partial charge in [0.1, 0.15) is 10.5 Å². The molecule has 1 atom stereocenters. The molecular formula is C18H17NO4S. The first-order valence-electron chi connectivity index (χ1n) is 7.94. The van der Waals surface area contributed by atoms with Crippen molar-refractivity contribution in [2.75, 3.05) is 19.7 Å². The number of aromatic carboxylic acids is 1. The molecule has 0 bridgehead atoms. The zero-order chi connectivity index (χ0) is 16.7. The molecule has 0 unspecified atom stereocenters. The molecule has 4 rings (SSSR count). The van der Waals surface area contributed by atoms with Crippen LogP contribution in [0, 0.1) is 0 Å². The molecule has 1 saturated heterocycles. The molecule has 2 heterocycles. The maximum atomic E-state index is 12.8. The summed E-state index contributed by atoms with van der Waals surface area (Å²) < 4.78 is 6.13. The van der Waals surface area contributed by atoms with Gasteiger partial charge in [-0.05, 0) is 36.1 Å². The molecule has 2 aliphatic rings. The van der Waals surface area contributed by atoms with Crippen molar-refractivity contribution in [2.45, 2.75) is 18.4 Å². The lowest BCUT2D eigenvalue weighted by molar-refractivity contribution is -0.103. The van der Waals surface area contributed by atoms with Crippen LogP contribution in [0.4, 0.5) is 0 Å². The number of carbonyl (C=O) groups excluding carboxylic acids is 1. The van der Waals surface area contributed by atoms with Gasteiger partial charge in [0.25, 0.3) is 5.91 Å². The van der Waals surface area contributed by atoms with Gasteiger partial charge in [0.05, 0.1) is 18.0 Å². The van der Waals surface area contributed by atoms with E-state index in [4.69, 9.17) is 9.84 Å². The summed E-state index contributed by atoms with van der Waals surface area (Å²) >= 11 is 1.03. The Kier molecular flexibility index (Phi) is 3.66. The normalized spacial score (nSPS) is 22.6. The van der Waals surface area contributed by atoms with Gasteiger partial charge in [-0.25, -0.2) is 4.79 Å². The molecule has 5 nitrogen and oxygen atoms in total. The Morgan fingerprint density at radius 1 is 1.17 bits per heavy atom. The summed E-state index contributed by atoms with van der Waals surface area (Å²) in [6, 6.07) is 11.3. The quantitative estimate of drug-likeness (QED) is 0.910. The second-order valence-electron chi connectivity index (χ2n) is 6.20. The summed E-state index contributed by atoms with van der Waals surface area (Å²) in [5, 5.41) is 9.03. The fraction of sp³-hybridized carbons (Fsp3) is 0.333. The van der Waals surface area contributed by atoms with Crippen molar-refractivity contribution in [1.29, 1.82) is 0 Å². The standard InChI is InChI=1S/C18H17NO4S/c20-16(14-5-6-15(24-14)17(21)22)19-9-10-23-18(11-19)8-7-12-3-1-2-4-13(12)18/h1-6H,7-11H2,(H,21,22)/t18-/m1/s1. The minimum Gasteiger partial charge on any atom is -0.477 e. The minimum atomic E-state index is -0.998. The lowest BCUT2D eigenvalue weighted by Crippen LogP contribution is -2.50. The number of rotatable bonds is 2. The molecule has 24 heavy (non-hydrogen) atoms. The zero-order valence-corrected chi connectivity index (χ0v) is 13.8. The molecule has 1 spiro atoms. The molecule has 1 aliphatic carbocycles. The second kappa shape index (κ2) is 5.72. The number of thiophene rings is 1. The van der Waals surface area contributed by atoms with Crippen molar-refractivity contribution in [3.63, 3.8) is 0 Å². The summed E-state index contributed by atoms with van der Waals surface area (Å²) in [6.45, 7) is 1.55. The SMILES string of the molecule is O=C(O)c1ccc(C(=O)N2CCO[C@]3(CCc4ccccc43)C2)s1. The maximum absolute atomic E-state index is 12.8. The van der Waals surface area contributed by atoms with E-state index >= 15 is 0 Å². The van der Waals surface area contributed by atoms with E-state index in [2.05, 4.69) is 12.1 Å². The predicted octanol–water partition coefficient (Wildman–Crippen LogP) is 2.76. The van der Waals surface area contributed by atoms with E-state index in [-0.39, 0.29) is 10.8 Å². The molecule has 1 aliphatic heterocycles. The molecule has 124 valence electrons. The largest absolute Gasteiger partial charge is 0.477 e. The average Bonchev–Trinajstić information content (AvgIpc) is 3.21. The van der Waals surface area contributed by atoms with Gasteiger partial charge in [0.15, 0.2) is 0 Å². The summed E-state index contributed by atoms with van der Waals surface area (Å²) in [4.78, 5) is 26.2. The number of ether oxygens (including phenoxy) is 1. The number of carbonyl (C=O) groups is 2. The average molecular weight is 343 g/mol. The van der Waals surface area contributed by atoms with Crippen LogP contribution in [0.1, 0.15) is 36.9 Å². The van der Waals surface area contributed by atoms with Crippen molar-refractivity contribution in [3.05, 3.63) is 57.3 Å². The number of nitrogens with zero attached hydrogens (tertiary/aromatic N) is 1. The maximum Gasteiger partial charge on any atom is 0.345 e. The Bertz CT molecular complexity index is 811. The van der Waals surface area contributed by atoms with Crippen molar-refractivity contribution in [3.8, 4) is 0 Å². The van der Waals surface area contributed by atoms with Crippen LogP contribution < -0.4 is 0 Å². The fourth-order valence-corrected chi connectivity index (χ4v) is 4.46. The first kappa shape index (κ1) is 15.4. The van der Waals surface area contributed by atoms with E-state index in [0.717, 1.165) is 24.2 Å². The third kappa shape index (κ3) is 2.42. The first-order valence-corrected chi connectivity index (χ1v) is 8.75. The molecule has 1 amide bonds. The Morgan fingerprint density at radius 3 is 2.75 bits per heavy atom. The highest BCUT2D eigenvalue weighted by molar-refractivity contribution is 7.15. The molecule has 6 heteroatoms. The predicted molar refractivity (Wildman–Crippen MR) is 89.6 cm³/mol. The van der Waals surface area contributed by atoms with E-state index in [1.54, 1.807) is 11.0 Å². The van der Waals surface area contributed by atoms with Crippen LogP contribution in [0.3, 0.4) is 0 Å². The molecular weight excluding hydrogens is 326 g/mol. The Hall–Kier alpha value is -2.18. The number of amides is 1. The highest BCUT2D eigenvalue weighted by Gasteiger charge is 2.44. The van der Waals surface area contributed by atoms with E-state index in [9.17, 15) is 9.59 Å². The zero-order valence-electron chi connectivity index (χ0n) is 13.0. The van der Waals surface area contributed by atoms with Gasteiger partial charge in [0.2, 0.25) is 0 Å². The lowest BCUT2D eigenvalue weighted by Gasteiger charge is -2.41. The monoisotopic (exact) mass is 343 g/mol. The summed E-state index contributed by atoms with van der Waals surface area (Å²) in [5.41, 5.74) is 2.05. The third-order valence-corrected chi connectivity index (χ3v) is 5.87. The third-order valence-electron chi connectivity index (χ3n) is 4.81. The number of morpholine rings is 1. The Labute approximate surface area is 143 Å². The van der Waals surface area contributed by atoms with Crippen LogP contribution in [0.15, 0.2) is 36.4 Å². The van der Waals surface area contributed by atoms with E-state index < -0.39 is 11.6 Å². The van der Waals surface area contributed by atoms with Gasteiger partial charge in [-0.15, -0.1) is 11.3 Å². The molecule has 0 saturated carbocycles. The number of fused-ring (bicyclic) bond motifs is 2. The van der Waals surface area contributed by atoms with Gasteiger partial charge in [-0.3, -0.25) is 4.79 Å². The number of hydrogen-bond donors (Lipinski definition) is 1. The van der Waals surface area contributed by atoms with Crippen LogP contribution in [0.25, 0.3) is 0 Å². The molecule has 2 aromatic rings. The van der Waals surface area contributed by atoms with Crippen LogP contribution in [-0.2, 0) is 16.8 Å².